The highest BCUT2D eigenvalue weighted by Gasteiger charge is 2.11. The van der Waals surface area contributed by atoms with Gasteiger partial charge in [0.05, 0.1) is 6.61 Å². The van der Waals surface area contributed by atoms with Crippen molar-refractivity contribution >= 4 is 17.9 Å². The van der Waals surface area contributed by atoms with Crippen LogP contribution in [0.4, 0.5) is 0 Å². The lowest BCUT2D eigenvalue weighted by Gasteiger charge is -2.10. The van der Waals surface area contributed by atoms with Gasteiger partial charge in [0, 0.05) is 16.1 Å². The largest absolute Gasteiger partial charge is 0.490 e. The van der Waals surface area contributed by atoms with Gasteiger partial charge >= 0.3 is 0 Å². The standard InChI is InChI=1S/C18H15ClN2O4/c1-2-23-16-9-12(10-22)3-8-15(16)24-11-17-20-21-18(25-17)13-4-6-14(19)7-5-13/h3-10H,2,11H2,1H3. The van der Waals surface area contributed by atoms with Crippen molar-refractivity contribution in [3.05, 3.63) is 58.9 Å². The van der Waals surface area contributed by atoms with Crippen LogP contribution in [0.25, 0.3) is 11.5 Å². The SMILES string of the molecule is CCOc1cc(C=O)ccc1OCc1nnc(-c2ccc(Cl)cc2)o1. The van der Waals surface area contributed by atoms with E-state index in [9.17, 15) is 4.79 Å². The van der Waals surface area contributed by atoms with Crippen LogP contribution in [-0.2, 0) is 6.61 Å². The number of aldehydes is 1. The molecule has 0 aliphatic rings. The van der Waals surface area contributed by atoms with Crippen molar-refractivity contribution in [2.24, 2.45) is 0 Å². The van der Waals surface area contributed by atoms with Crippen LogP contribution in [-0.4, -0.2) is 23.1 Å². The number of aromatic nitrogens is 2. The molecule has 128 valence electrons. The van der Waals surface area contributed by atoms with E-state index < -0.39 is 0 Å². The molecule has 0 aliphatic heterocycles. The number of carbonyl (C=O) groups excluding carboxylic acids is 1. The van der Waals surface area contributed by atoms with Crippen LogP contribution < -0.4 is 9.47 Å². The van der Waals surface area contributed by atoms with Crippen molar-refractivity contribution < 1.29 is 18.7 Å². The normalized spacial score (nSPS) is 10.5. The summed E-state index contributed by atoms with van der Waals surface area (Å²) >= 11 is 5.86. The molecule has 0 radical (unpaired) electrons. The summed E-state index contributed by atoms with van der Waals surface area (Å²) in [5, 5.41) is 8.60. The number of benzene rings is 2. The second-order valence-electron chi connectivity index (χ2n) is 5.05. The Balaban J connectivity index is 1.72. The second-order valence-corrected chi connectivity index (χ2v) is 5.49. The first-order valence-electron chi connectivity index (χ1n) is 7.62. The monoisotopic (exact) mass is 358 g/mol. The topological polar surface area (TPSA) is 74.5 Å². The molecule has 25 heavy (non-hydrogen) atoms. The van der Waals surface area contributed by atoms with Crippen LogP contribution in [0, 0.1) is 0 Å². The van der Waals surface area contributed by atoms with Crippen molar-refractivity contribution in [1.82, 2.24) is 10.2 Å². The third-order valence-electron chi connectivity index (χ3n) is 3.31. The molecule has 0 unspecified atom stereocenters. The van der Waals surface area contributed by atoms with Gasteiger partial charge in [0.25, 0.3) is 5.89 Å². The summed E-state index contributed by atoms with van der Waals surface area (Å²) in [6, 6.07) is 12.0. The lowest BCUT2D eigenvalue weighted by atomic mass is 10.2. The van der Waals surface area contributed by atoms with Gasteiger partial charge in [0.15, 0.2) is 18.1 Å². The molecule has 3 aromatic rings. The molecule has 1 heterocycles. The number of carbonyl (C=O) groups is 1. The maximum Gasteiger partial charge on any atom is 0.254 e. The van der Waals surface area contributed by atoms with E-state index >= 15 is 0 Å². The van der Waals surface area contributed by atoms with E-state index in [1.807, 2.05) is 6.92 Å². The maximum absolute atomic E-state index is 10.9. The van der Waals surface area contributed by atoms with E-state index in [1.54, 1.807) is 42.5 Å². The summed E-state index contributed by atoms with van der Waals surface area (Å²) in [7, 11) is 0. The molecule has 1 aromatic heterocycles. The second kappa shape index (κ2) is 7.81. The van der Waals surface area contributed by atoms with E-state index in [2.05, 4.69) is 10.2 Å². The summed E-state index contributed by atoms with van der Waals surface area (Å²) in [6.45, 7) is 2.40. The molecule has 0 atom stereocenters. The minimum atomic E-state index is 0.0844. The molecule has 6 nitrogen and oxygen atoms in total. The molecular weight excluding hydrogens is 344 g/mol. The summed E-state index contributed by atoms with van der Waals surface area (Å²) in [6.07, 6.45) is 0.753. The zero-order chi connectivity index (χ0) is 17.6. The highest BCUT2D eigenvalue weighted by atomic mass is 35.5. The fourth-order valence-electron chi connectivity index (χ4n) is 2.15. The molecule has 0 bridgehead atoms. The molecule has 7 heteroatoms. The molecule has 0 spiro atoms. The Morgan fingerprint density at radius 2 is 1.88 bits per heavy atom. The number of hydrogen-bond acceptors (Lipinski definition) is 6. The van der Waals surface area contributed by atoms with Gasteiger partial charge in [-0.2, -0.15) is 0 Å². The fraction of sp³-hybridized carbons (Fsp3) is 0.167. The third kappa shape index (κ3) is 4.16. The number of hydrogen-bond donors (Lipinski definition) is 0. The van der Waals surface area contributed by atoms with Gasteiger partial charge in [-0.3, -0.25) is 4.79 Å². The Bertz CT molecular complexity index is 862. The summed E-state index contributed by atoms with van der Waals surface area (Å²) in [4.78, 5) is 10.9. The van der Waals surface area contributed by atoms with Gasteiger partial charge in [-0.15, -0.1) is 10.2 Å². The van der Waals surface area contributed by atoms with Crippen molar-refractivity contribution in [2.75, 3.05) is 6.61 Å². The lowest BCUT2D eigenvalue weighted by Crippen LogP contribution is -2.00. The predicted molar refractivity (Wildman–Crippen MR) is 92.1 cm³/mol. The molecule has 2 aromatic carbocycles. The molecule has 3 rings (SSSR count). The van der Waals surface area contributed by atoms with Gasteiger partial charge in [-0.1, -0.05) is 11.6 Å². The zero-order valence-corrected chi connectivity index (χ0v) is 14.2. The van der Waals surface area contributed by atoms with Crippen LogP contribution in [0.2, 0.25) is 5.02 Å². The number of ether oxygens (including phenoxy) is 2. The van der Waals surface area contributed by atoms with Gasteiger partial charge in [0.2, 0.25) is 5.89 Å². The van der Waals surface area contributed by atoms with E-state index in [-0.39, 0.29) is 6.61 Å². The first-order valence-corrected chi connectivity index (χ1v) is 8.00. The Kier molecular flexibility index (Phi) is 5.30. The Morgan fingerprint density at radius 3 is 2.60 bits per heavy atom. The van der Waals surface area contributed by atoms with Crippen LogP contribution >= 0.6 is 11.6 Å². The predicted octanol–water partition coefficient (Wildman–Crippen LogP) is 4.18. The van der Waals surface area contributed by atoms with Crippen LogP contribution in [0.3, 0.4) is 0 Å². The molecule has 0 aliphatic carbocycles. The average Bonchev–Trinajstić information content (AvgIpc) is 3.10. The third-order valence-corrected chi connectivity index (χ3v) is 3.56. The summed E-state index contributed by atoms with van der Waals surface area (Å²) < 4.78 is 16.8. The van der Waals surface area contributed by atoms with E-state index in [1.165, 1.54) is 0 Å². The number of halogens is 1. The maximum atomic E-state index is 10.9. The minimum absolute atomic E-state index is 0.0844. The van der Waals surface area contributed by atoms with Crippen LogP contribution in [0.15, 0.2) is 46.9 Å². The average molecular weight is 359 g/mol. The number of rotatable bonds is 7. The number of nitrogens with zero attached hydrogens (tertiary/aromatic N) is 2. The Morgan fingerprint density at radius 1 is 1.08 bits per heavy atom. The molecule has 0 fully saturated rings. The summed E-state index contributed by atoms with van der Waals surface area (Å²) in [5.41, 5.74) is 1.28. The van der Waals surface area contributed by atoms with E-state index in [0.717, 1.165) is 11.8 Å². The van der Waals surface area contributed by atoms with Crippen LogP contribution in [0.5, 0.6) is 11.5 Å². The molecular formula is C18H15ClN2O4. The first kappa shape index (κ1) is 17.0. The molecule has 0 N–H and O–H groups in total. The molecule has 0 amide bonds. The van der Waals surface area contributed by atoms with Gasteiger partial charge in [-0.05, 0) is 49.4 Å². The highest BCUT2D eigenvalue weighted by Crippen LogP contribution is 2.29. The smallest absolute Gasteiger partial charge is 0.254 e. The minimum Gasteiger partial charge on any atom is -0.490 e. The van der Waals surface area contributed by atoms with Crippen molar-refractivity contribution in [3.63, 3.8) is 0 Å². The Labute approximate surface area is 149 Å². The fourth-order valence-corrected chi connectivity index (χ4v) is 2.27. The van der Waals surface area contributed by atoms with Crippen molar-refractivity contribution in [3.8, 4) is 23.0 Å². The molecule has 0 saturated heterocycles. The quantitative estimate of drug-likeness (QED) is 0.590. The van der Waals surface area contributed by atoms with Crippen molar-refractivity contribution in [2.45, 2.75) is 13.5 Å². The highest BCUT2D eigenvalue weighted by molar-refractivity contribution is 6.30. The summed E-state index contributed by atoms with van der Waals surface area (Å²) in [5.74, 6) is 1.70. The molecule has 0 saturated carbocycles. The Hall–Kier alpha value is -2.86. The lowest BCUT2D eigenvalue weighted by molar-refractivity contribution is 0.112. The van der Waals surface area contributed by atoms with E-state index in [4.69, 9.17) is 25.5 Å². The van der Waals surface area contributed by atoms with Crippen LogP contribution in [0.1, 0.15) is 23.2 Å². The zero-order valence-electron chi connectivity index (χ0n) is 13.4. The van der Waals surface area contributed by atoms with E-state index in [0.29, 0.717) is 40.5 Å². The van der Waals surface area contributed by atoms with Gasteiger partial charge in [0.1, 0.15) is 6.29 Å². The van der Waals surface area contributed by atoms with Gasteiger partial charge < -0.3 is 13.9 Å². The van der Waals surface area contributed by atoms with Crippen molar-refractivity contribution in [1.29, 1.82) is 0 Å². The first-order chi connectivity index (χ1) is 12.2. The van der Waals surface area contributed by atoms with Gasteiger partial charge in [-0.25, -0.2) is 0 Å².